The highest BCUT2D eigenvalue weighted by Crippen LogP contribution is 2.66. The second kappa shape index (κ2) is 7.44. The van der Waals surface area contributed by atoms with E-state index in [-0.39, 0.29) is 46.4 Å². The first kappa shape index (κ1) is 25.0. The third-order valence-electron chi connectivity index (χ3n) is 8.76. The van der Waals surface area contributed by atoms with E-state index < -0.39 is 14.9 Å². The molecule has 0 aromatic heterocycles. The molecule has 0 N–H and O–H groups in total. The Morgan fingerprint density at radius 2 is 1.57 bits per heavy atom. The molecule has 30 heavy (non-hydrogen) atoms. The van der Waals surface area contributed by atoms with Gasteiger partial charge < -0.3 is 18.1 Å². The molecule has 3 fully saturated rings. The van der Waals surface area contributed by atoms with Crippen molar-refractivity contribution in [2.24, 2.45) is 33.5 Å². The van der Waals surface area contributed by atoms with Crippen molar-refractivity contribution in [3.05, 3.63) is 6.66 Å². The van der Waals surface area contributed by atoms with Crippen LogP contribution >= 0.6 is 14.9 Å². The van der Waals surface area contributed by atoms with Gasteiger partial charge in [0.15, 0.2) is 7.60 Å². The molecule has 2 saturated carbocycles. The van der Waals surface area contributed by atoms with Crippen LogP contribution in [0.15, 0.2) is 0 Å². The summed E-state index contributed by atoms with van der Waals surface area (Å²) in [5, 5.41) is 0. The summed E-state index contributed by atoms with van der Waals surface area (Å²) in [5.74, 6) is 0.640. The third kappa shape index (κ3) is 4.17. The van der Waals surface area contributed by atoms with Crippen LogP contribution in [0, 0.1) is 40.2 Å². The van der Waals surface area contributed by atoms with Crippen LogP contribution in [-0.2, 0) is 22.7 Å². The van der Waals surface area contributed by atoms with Gasteiger partial charge in [0.2, 0.25) is 0 Å². The monoisotopic (exact) mass is 461 g/mol. The fourth-order valence-electron chi connectivity index (χ4n) is 6.22. The predicted octanol–water partition coefficient (Wildman–Crippen LogP) is 6.84. The van der Waals surface area contributed by atoms with Gasteiger partial charge in [-0.3, -0.25) is 4.57 Å². The van der Waals surface area contributed by atoms with E-state index in [1.165, 1.54) is 0 Å². The molecule has 0 radical (unpaired) electrons. The molecule has 1 aliphatic heterocycles. The summed E-state index contributed by atoms with van der Waals surface area (Å²) < 4.78 is 38.7. The van der Waals surface area contributed by atoms with Crippen molar-refractivity contribution in [1.82, 2.24) is 0 Å². The maximum atomic E-state index is 13.3. The van der Waals surface area contributed by atoms with Crippen LogP contribution in [0.2, 0.25) is 0 Å². The van der Waals surface area contributed by atoms with Crippen molar-refractivity contribution in [3.8, 4) is 0 Å². The van der Waals surface area contributed by atoms with Crippen LogP contribution in [0.1, 0.15) is 68.2 Å². The fourth-order valence-corrected chi connectivity index (χ4v) is 9.18. The van der Waals surface area contributed by atoms with Gasteiger partial charge in [-0.2, -0.15) is 0 Å². The predicted molar refractivity (Wildman–Crippen MR) is 126 cm³/mol. The van der Waals surface area contributed by atoms with E-state index in [0.717, 1.165) is 12.8 Å². The lowest BCUT2D eigenvalue weighted by atomic mass is 9.69. The quantitative estimate of drug-likeness (QED) is 0.292. The van der Waals surface area contributed by atoms with Crippen molar-refractivity contribution in [1.29, 1.82) is 0 Å². The summed E-state index contributed by atoms with van der Waals surface area (Å²) in [5.41, 5.74) is -0.816. The minimum atomic E-state index is -3.48. The molecule has 2 bridgehead atoms. The van der Waals surface area contributed by atoms with E-state index >= 15 is 0 Å². The summed E-state index contributed by atoms with van der Waals surface area (Å²) in [6.45, 7) is 24.3. The van der Waals surface area contributed by atoms with Crippen LogP contribution in [0.4, 0.5) is 0 Å². The van der Waals surface area contributed by atoms with Gasteiger partial charge in [-0.05, 0) is 40.9 Å². The average molecular weight is 462 g/mol. The van der Waals surface area contributed by atoms with Gasteiger partial charge in [-0.15, -0.1) is 0 Å². The Morgan fingerprint density at radius 1 is 0.967 bits per heavy atom. The minimum absolute atomic E-state index is 0.0801. The Morgan fingerprint density at radius 3 is 2.17 bits per heavy atom. The van der Waals surface area contributed by atoms with Crippen LogP contribution in [-0.4, -0.2) is 38.4 Å². The zero-order chi connectivity index (χ0) is 23.0. The Hall–Kier alpha value is 0.370. The summed E-state index contributed by atoms with van der Waals surface area (Å²) in [4.78, 5) is 0. The molecule has 5 nitrogen and oxygen atoms in total. The molecule has 1 saturated heterocycles. The Labute approximate surface area is 184 Å². The Bertz CT molecular complexity index is 778. The molecule has 8 atom stereocenters. The zero-order valence-electron chi connectivity index (χ0n) is 20.5. The van der Waals surface area contributed by atoms with Crippen molar-refractivity contribution in [3.63, 3.8) is 0 Å². The molecule has 0 aromatic carbocycles. The largest absolute Gasteiger partial charge is 0.337 e. The summed E-state index contributed by atoms with van der Waals surface area (Å²) in [6, 6.07) is 0. The van der Waals surface area contributed by atoms with E-state index in [4.69, 9.17) is 18.1 Å². The van der Waals surface area contributed by atoms with E-state index in [2.05, 4.69) is 68.4 Å². The highest BCUT2D eigenvalue weighted by Gasteiger charge is 2.59. The topological polar surface area (TPSA) is 54.0 Å². The summed E-state index contributed by atoms with van der Waals surface area (Å²) >= 11 is 0. The van der Waals surface area contributed by atoms with E-state index in [0.29, 0.717) is 12.5 Å². The van der Waals surface area contributed by atoms with Gasteiger partial charge in [0.25, 0.3) is 0 Å². The van der Waals surface area contributed by atoms with Gasteiger partial charge in [-0.25, -0.2) is 6.66 Å². The molecular formula is C23H43O5P2-. The second-order valence-corrected chi connectivity index (χ2v) is 16.4. The molecule has 176 valence electrons. The van der Waals surface area contributed by atoms with Crippen molar-refractivity contribution in [2.75, 3.05) is 19.9 Å². The van der Waals surface area contributed by atoms with Crippen molar-refractivity contribution < 1.29 is 22.7 Å². The van der Waals surface area contributed by atoms with Gasteiger partial charge in [0.1, 0.15) is 7.34 Å². The molecule has 3 rings (SSSR count). The first-order valence-electron chi connectivity index (χ1n) is 11.2. The first-order valence-corrected chi connectivity index (χ1v) is 15.1. The highest BCUT2D eigenvalue weighted by molar-refractivity contribution is 7.63. The lowest BCUT2D eigenvalue weighted by Crippen LogP contribution is -2.41. The standard InChI is InChI=1S/C23H43O5P2/c1-16-12-23(8)15-25-29(9,10)28-19-20(3,4)17(2)13-22(19,7)14-26-30(11,24)27-18(16)21(23,5)6/h16-19H,9,11-15H2,1-8,10H3/q-1/t16-,17-,18+,19+,22-,23-,29?,30?/m1/s1. The molecule has 7 heteroatoms. The van der Waals surface area contributed by atoms with Crippen LogP contribution in [0.3, 0.4) is 0 Å². The number of hydrogen-bond donors (Lipinski definition) is 0. The zero-order valence-corrected chi connectivity index (χ0v) is 22.3. The third-order valence-corrected chi connectivity index (χ3v) is 11.2. The SMILES string of the molecule is C=P1(C)OC[C@@]2(C)C[C@@H](C)[C@H](OP([CH2-])(=O)OC[C@@]3(C)C[C@@H](C)C(C)(C)[C@@H]3O1)C2(C)C. The summed E-state index contributed by atoms with van der Waals surface area (Å²) in [6.07, 6.45) is 5.89. The van der Waals surface area contributed by atoms with Gasteiger partial charge in [-0.1, -0.05) is 61.7 Å². The molecule has 0 aromatic rings. The van der Waals surface area contributed by atoms with E-state index in [1.54, 1.807) is 0 Å². The summed E-state index contributed by atoms with van der Waals surface area (Å²) in [7, 11) is -5.82. The lowest BCUT2D eigenvalue weighted by Gasteiger charge is -2.43. The number of hydrogen-bond acceptors (Lipinski definition) is 5. The van der Waals surface area contributed by atoms with Crippen LogP contribution in [0.25, 0.3) is 0 Å². The second-order valence-electron chi connectivity index (χ2n) is 12.2. The van der Waals surface area contributed by atoms with Crippen LogP contribution in [0.5, 0.6) is 0 Å². The van der Waals surface area contributed by atoms with E-state index in [1.807, 2.05) is 6.66 Å². The van der Waals surface area contributed by atoms with Gasteiger partial charge in [0, 0.05) is 12.1 Å². The van der Waals surface area contributed by atoms with Gasteiger partial charge >= 0.3 is 0 Å². The number of rotatable bonds is 0. The van der Waals surface area contributed by atoms with E-state index in [9.17, 15) is 4.57 Å². The molecule has 2 aliphatic carbocycles. The minimum Gasteiger partial charge on any atom is -0.337 e. The van der Waals surface area contributed by atoms with Crippen molar-refractivity contribution in [2.45, 2.75) is 80.4 Å². The average Bonchev–Trinajstić information content (AvgIpc) is 2.85. The van der Waals surface area contributed by atoms with Crippen molar-refractivity contribution >= 4 is 21.2 Å². The Balaban J connectivity index is 2.03. The highest BCUT2D eigenvalue weighted by atomic mass is 31.2. The molecule has 0 amide bonds. The smallest absolute Gasteiger partial charge is 0.184 e. The normalized spacial score (nSPS) is 53.9. The molecule has 1 heterocycles. The van der Waals surface area contributed by atoms with Crippen LogP contribution < -0.4 is 0 Å². The molecular weight excluding hydrogens is 418 g/mol. The molecule has 0 spiro atoms. The van der Waals surface area contributed by atoms with Gasteiger partial charge in [0.05, 0.1) is 25.4 Å². The lowest BCUT2D eigenvalue weighted by molar-refractivity contribution is -0.0147. The maximum Gasteiger partial charge on any atom is 0.184 e. The Kier molecular flexibility index (Phi) is 6.20. The fraction of sp³-hybridized carbons (Fsp3) is 0.913. The first-order chi connectivity index (χ1) is 13.4. The number of fused-ring (bicyclic) bond motifs is 3. The molecule has 3 aliphatic rings. The molecule has 2 unspecified atom stereocenters. The maximum absolute atomic E-state index is 13.3.